The van der Waals surface area contributed by atoms with Crippen molar-refractivity contribution in [3.63, 3.8) is 0 Å². The van der Waals surface area contributed by atoms with Crippen molar-refractivity contribution in [2.75, 3.05) is 13.1 Å². The van der Waals surface area contributed by atoms with Crippen molar-refractivity contribution in [1.29, 1.82) is 0 Å². The fourth-order valence-electron chi connectivity index (χ4n) is 2.55. The zero-order valence-corrected chi connectivity index (χ0v) is 12.6. The van der Waals surface area contributed by atoms with Gasteiger partial charge in [0, 0.05) is 21.7 Å². The standard InChI is InChI=1S/C14H19IN2O/c15-12-5-3-4-11(10-12)14(18)17-9-2-1-6-13(17)7-8-16/h3-5,10,13H,1-2,6-9,16H2. The van der Waals surface area contributed by atoms with Gasteiger partial charge in [-0.15, -0.1) is 0 Å². The van der Waals surface area contributed by atoms with Gasteiger partial charge in [0.15, 0.2) is 0 Å². The lowest BCUT2D eigenvalue weighted by molar-refractivity contribution is 0.0605. The Morgan fingerprint density at radius 1 is 1.44 bits per heavy atom. The van der Waals surface area contributed by atoms with Crippen LogP contribution in [0.25, 0.3) is 0 Å². The van der Waals surface area contributed by atoms with Crippen LogP contribution in [0.4, 0.5) is 0 Å². The summed E-state index contributed by atoms with van der Waals surface area (Å²) in [6.07, 6.45) is 4.32. The molecule has 1 aliphatic heterocycles. The highest BCUT2D eigenvalue weighted by atomic mass is 127. The normalized spacial score (nSPS) is 19.9. The average Bonchev–Trinajstić information content (AvgIpc) is 2.39. The van der Waals surface area contributed by atoms with Gasteiger partial charge in [0.2, 0.25) is 0 Å². The lowest BCUT2D eigenvalue weighted by atomic mass is 9.98. The SMILES string of the molecule is NCCC1CCCCN1C(=O)c1cccc(I)c1. The van der Waals surface area contributed by atoms with E-state index < -0.39 is 0 Å². The van der Waals surface area contributed by atoms with Crippen molar-refractivity contribution >= 4 is 28.5 Å². The van der Waals surface area contributed by atoms with Crippen molar-refractivity contribution in [2.24, 2.45) is 5.73 Å². The van der Waals surface area contributed by atoms with E-state index in [0.29, 0.717) is 12.6 Å². The quantitative estimate of drug-likeness (QED) is 0.845. The number of nitrogens with two attached hydrogens (primary N) is 1. The molecule has 1 aliphatic rings. The van der Waals surface area contributed by atoms with Gasteiger partial charge in [-0.05, 0) is 73.0 Å². The maximum absolute atomic E-state index is 12.5. The maximum atomic E-state index is 12.5. The molecule has 18 heavy (non-hydrogen) atoms. The molecule has 98 valence electrons. The summed E-state index contributed by atoms with van der Waals surface area (Å²) in [6, 6.07) is 8.13. The molecule has 0 saturated carbocycles. The van der Waals surface area contributed by atoms with Crippen LogP contribution in [0.3, 0.4) is 0 Å². The van der Waals surface area contributed by atoms with E-state index in [1.807, 2.05) is 29.2 Å². The summed E-state index contributed by atoms with van der Waals surface area (Å²) in [5.41, 5.74) is 6.44. The fraction of sp³-hybridized carbons (Fsp3) is 0.500. The Hall–Kier alpha value is -0.620. The molecule has 1 aromatic carbocycles. The first-order chi connectivity index (χ1) is 8.72. The molecular formula is C14H19IN2O. The summed E-state index contributed by atoms with van der Waals surface area (Å²) in [6.45, 7) is 1.52. The van der Waals surface area contributed by atoms with E-state index in [4.69, 9.17) is 5.73 Å². The Labute approximate surface area is 122 Å². The van der Waals surface area contributed by atoms with Crippen LogP contribution in [0.5, 0.6) is 0 Å². The van der Waals surface area contributed by atoms with Gasteiger partial charge in [-0.25, -0.2) is 0 Å². The van der Waals surface area contributed by atoms with E-state index in [0.717, 1.165) is 34.9 Å². The number of nitrogens with zero attached hydrogens (tertiary/aromatic N) is 1. The van der Waals surface area contributed by atoms with Gasteiger partial charge in [0.25, 0.3) is 5.91 Å². The third-order valence-electron chi connectivity index (χ3n) is 3.46. The predicted molar refractivity (Wildman–Crippen MR) is 81.5 cm³/mol. The third kappa shape index (κ3) is 3.23. The van der Waals surface area contributed by atoms with Gasteiger partial charge in [-0.3, -0.25) is 4.79 Å². The second-order valence-corrected chi connectivity index (χ2v) is 5.98. The number of piperidine rings is 1. The molecule has 3 nitrogen and oxygen atoms in total. The van der Waals surface area contributed by atoms with Crippen LogP contribution in [0.15, 0.2) is 24.3 Å². The van der Waals surface area contributed by atoms with Gasteiger partial charge in [-0.1, -0.05) is 6.07 Å². The van der Waals surface area contributed by atoms with Gasteiger partial charge < -0.3 is 10.6 Å². The minimum atomic E-state index is 0.159. The lowest BCUT2D eigenvalue weighted by Gasteiger charge is -2.35. The van der Waals surface area contributed by atoms with Gasteiger partial charge in [0.05, 0.1) is 0 Å². The van der Waals surface area contributed by atoms with Crippen LogP contribution in [0.2, 0.25) is 0 Å². The summed E-state index contributed by atoms with van der Waals surface area (Å²) in [5, 5.41) is 0. The molecule has 1 unspecified atom stereocenters. The van der Waals surface area contributed by atoms with E-state index >= 15 is 0 Å². The molecule has 1 atom stereocenters. The van der Waals surface area contributed by atoms with Crippen molar-refractivity contribution < 1.29 is 4.79 Å². The highest BCUT2D eigenvalue weighted by Crippen LogP contribution is 2.22. The number of halogens is 1. The molecule has 1 fully saturated rings. The molecule has 1 aromatic rings. The molecule has 4 heteroatoms. The molecule has 2 N–H and O–H groups in total. The largest absolute Gasteiger partial charge is 0.336 e. The first kappa shape index (κ1) is 13.8. The number of hydrogen-bond donors (Lipinski definition) is 1. The first-order valence-corrected chi connectivity index (χ1v) is 7.57. The smallest absolute Gasteiger partial charge is 0.254 e. The number of hydrogen-bond acceptors (Lipinski definition) is 2. The second-order valence-electron chi connectivity index (χ2n) is 4.74. The van der Waals surface area contributed by atoms with Crippen LogP contribution in [0.1, 0.15) is 36.0 Å². The van der Waals surface area contributed by atoms with E-state index in [1.165, 1.54) is 6.42 Å². The molecule has 0 spiro atoms. The highest BCUT2D eigenvalue weighted by Gasteiger charge is 2.26. The van der Waals surface area contributed by atoms with E-state index in [-0.39, 0.29) is 5.91 Å². The van der Waals surface area contributed by atoms with Gasteiger partial charge in [-0.2, -0.15) is 0 Å². The Kier molecular flexibility index (Phi) is 5.00. The van der Waals surface area contributed by atoms with Crippen LogP contribution < -0.4 is 5.73 Å². The topological polar surface area (TPSA) is 46.3 Å². The molecule has 1 heterocycles. The van der Waals surface area contributed by atoms with E-state index in [9.17, 15) is 4.79 Å². The molecular weight excluding hydrogens is 339 g/mol. The van der Waals surface area contributed by atoms with E-state index in [1.54, 1.807) is 0 Å². The first-order valence-electron chi connectivity index (χ1n) is 6.49. The molecule has 0 radical (unpaired) electrons. The van der Waals surface area contributed by atoms with Crippen LogP contribution >= 0.6 is 22.6 Å². The van der Waals surface area contributed by atoms with E-state index in [2.05, 4.69) is 22.6 Å². The summed E-state index contributed by atoms with van der Waals surface area (Å²) in [5.74, 6) is 0.159. The molecule has 2 rings (SSSR count). The molecule has 1 saturated heterocycles. The highest BCUT2D eigenvalue weighted by molar-refractivity contribution is 14.1. The monoisotopic (exact) mass is 358 g/mol. The van der Waals surface area contributed by atoms with Crippen molar-refractivity contribution in [3.8, 4) is 0 Å². The van der Waals surface area contributed by atoms with Gasteiger partial charge >= 0.3 is 0 Å². The summed E-state index contributed by atoms with van der Waals surface area (Å²) >= 11 is 2.24. The van der Waals surface area contributed by atoms with Crippen molar-refractivity contribution in [3.05, 3.63) is 33.4 Å². The Morgan fingerprint density at radius 3 is 3.00 bits per heavy atom. The number of likely N-dealkylation sites (tertiary alicyclic amines) is 1. The molecule has 0 aromatic heterocycles. The Bertz CT molecular complexity index is 420. The molecule has 1 amide bonds. The summed E-state index contributed by atoms with van der Waals surface area (Å²) < 4.78 is 1.10. The van der Waals surface area contributed by atoms with Crippen molar-refractivity contribution in [1.82, 2.24) is 4.90 Å². The molecule has 0 bridgehead atoms. The van der Waals surface area contributed by atoms with Crippen LogP contribution in [-0.2, 0) is 0 Å². The lowest BCUT2D eigenvalue weighted by Crippen LogP contribution is -2.44. The third-order valence-corrected chi connectivity index (χ3v) is 4.13. The van der Waals surface area contributed by atoms with Crippen molar-refractivity contribution in [2.45, 2.75) is 31.7 Å². The zero-order chi connectivity index (χ0) is 13.0. The Balaban J connectivity index is 2.15. The minimum Gasteiger partial charge on any atom is -0.336 e. The summed E-state index contributed by atoms with van der Waals surface area (Å²) in [4.78, 5) is 14.5. The number of carbonyl (C=O) groups excluding carboxylic acids is 1. The number of carbonyl (C=O) groups is 1. The predicted octanol–water partition coefficient (Wildman–Crippen LogP) is 2.63. The minimum absolute atomic E-state index is 0.159. The fourth-order valence-corrected chi connectivity index (χ4v) is 3.09. The average molecular weight is 358 g/mol. The number of rotatable bonds is 3. The second kappa shape index (κ2) is 6.52. The maximum Gasteiger partial charge on any atom is 0.254 e. The van der Waals surface area contributed by atoms with Crippen LogP contribution in [-0.4, -0.2) is 29.9 Å². The van der Waals surface area contributed by atoms with Crippen LogP contribution in [0, 0.1) is 3.57 Å². The number of amides is 1. The zero-order valence-electron chi connectivity index (χ0n) is 10.4. The number of benzene rings is 1. The Morgan fingerprint density at radius 2 is 2.28 bits per heavy atom. The van der Waals surface area contributed by atoms with Gasteiger partial charge in [0.1, 0.15) is 0 Å². The molecule has 0 aliphatic carbocycles. The summed E-state index contributed by atoms with van der Waals surface area (Å²) in [7, 11) is 0.